The number of nitrogens with zero attached hydrogens (tertiary/aromatic N) is 2. The molecule has 0 saturated carbocycles. The van der Waals surface area contributed by atoms with Gasteiger partial charge in [0.25, 0.3) is 0 Å². The Balaban J connectivity index is 0.000000143. The van der Waals surface area contributed by atoms with Crippen LogP contribution >= 0.6 is 12.6 Å². The van der Waals surface area contributed by atoms with Gasteiger partial charge in [-0.25, -0.2) is 9.78 Å². The van der Waals surface area contributed by atoms with Crippen molar-refractivity contribution in [2.45, 2.75) is 4.90 Å². The lowest BCUT2D eigenvalue weighted by atomic mass is 10.2. The Labute approximate surface area is 165 Å². The Morgan fingerprint density at radius 2 is 1.75 bits per heavy atom. The molecule has 0 amide bonds. The molecule has 2 aromatic carbocycles. The van der Waals surface area contributed by atoms with E-state index in [0.29, 0.717) is 28.4 Å². The second-order valence-electron chi connectivity index (χ2n) is 5.91. The van der Waals surface area contributed by atoms with Crippen LogP contribution in [-0.4, -0.2) is 9.97 Å². The summed E-state index contributed by atoms with van der Waals surface area (Å²) in [6, 6.07) is 19.6. The zero-order valence-corrected chi connectivity index (χ0v) is 15.5. The fourth-order valence-electron chi connectivity index (χ4n) is 2.64. The minimum absolute atomic E-state index is 0.325. The number of para-hydroxylation sites is 1. The Hall–Kier alpha value is -3.58. The average Bonchev–Trinajstić information content (AvgIpc) is 3.13. The van der Waals surface area contributed by atoms with Gasteiger partial charge in [0.1, 0.15) is 5.58 Å². The molecule has 3 heterocycles. The Kier molecular flexibility index (Phi) is 4.82. The van der Waals surface area contributed by atoms with Crippen LogP contribution in [0.1, 0.15) is 0 Å². The number of thiol groups is 1. The Bertz CT molecular complexity index is 1290. The summed E-state index contributed by atoms with van der Waals surface area (Å²) in [6.45, 7) is 0. The topological polar surface area (TPSA) is 95.1 Å². The van der Waals surface area contributed by atoms with Crippen molar-refractivity contribution in [2.24, 2.45) is 0 Å². The SMILES string of the molecule is Nc1ccccc1-c1nc2ncccc2o1.O=c1ccc2cc(S)ccc2o1. The molecule has 7 heteroatoms. The number of anilines is 1. The largest absolute Gasteiger partial charge is 0.434 e. The number of fused-ring (bicyclic) bond motifs is 2. The molecule has 0 bridgehead atoms. The maximum atomic E-state index is 10.8. The number of hydrogen-bond acceptors (Lipinski definition) is 7. The van der Waals surface area contributed by atoms with Crippen LogP contribution in [0.2, 0.25) is 0 Å². The smallest absolute Gasteiger partial charge is 0.336 e. The molecular formula is C21H15N3O3S. The van der Waals surface area contributed by atoms with E-state index < -0.39 is 0 Å². The van der Waals surface area contributed by atoms with Gasteiger partial charge in [0.2, 0.25) is 5.89 Å². The number of aromatic nitrogens is 2. The minimum Gasteiger partial charge on any atom is -0.434 e. The first kappa shape index (κ1) is 17.8. The lowest BCUT2D eigenvalue weighted by Gasteiger charge is -1.98. The lowest BCUT2D eigenvalue weighted by molar-refractivity contribution is 0.561. The first-order chi connectivity index (χ1) is 13.6. The molecule has 6 nitrogen and oxygen atoms in total. The van der Waals surface area contributed by atoms with Gasteiger partial charge in [-0.2, -0.15) is 4.98 Å². The Morgan fingerprint density at radius 3 is 2.57 bits per heavy atom. The van der Waals surface area contributed by atoms with Gasteiger partial charge in [-0.05, 0) is 48.5 Å². The van der Waals surface area contributed by atoms with Gasteiger partial charge < -0.3 is 14.6 Å². The zero-order valence-electron chi connectivity index (χ0n) is 14.6. The van der Waals surface area contributed by atoms with E-state index in [4.69, 9.17) is 14.6 Å². The summed E-state index contributed by atoms with van der Waals surface area (Å²) in [5, 5.41) is 0.891. The first-order valence-electron chi connectivity index (χ1n) is 8.39. The third-order valence-corrected chi connectivity index (χ3v) is 4.24. The molecule has 0 spiro atoms. The molecule has 3 aromatic heterocycles. The van der Waals surface area contributed by atoms with E-state index in [-0.39, 0.29) is 5.63 Å². The summed E-state index contributed by atoms with van der Waals surface area (Å²) in [7, 11) is 0. The number of oxazole rings is 1. The van der Waals surface area contributed by atoms with E-state index in [0.717, 1.165) is 15.8 Å². The van der Waals surface area contributed by atoms with E-state index in [1.165, 1.54) is 6.07 Å². The summed E-state index contributed by atoms with van der Waals surface area (Å²) >= 11 is 4.17. The van der Waals surface area contributed by atoms with Crippen LogP contribution in [0.3, 0.4) is 0 Å². The quantitative estimate of drug-likeness (QED) is 0.248. The molecule has 5 aromatic rings. The molecule has 2 N–H and O–H groups in total. The standard InChI is InChI=1S/C12H9N3O.C9H6O2S/c13-9-5-2-1-4-8(9)12-15-11-10(16-12)6-3-7-14-11;10-9-4-1-6-5-7(12)2-3-8(6)11-9/h1-7H,13H2;1-5,12H. The normalized spacial score (nSPS) is 10.6. The molecule has 0 aliphatic rings. The summed E-state index contributed by atoms with van der Waals surface area (Å²) < 4.78 is 10.5. The Morgan fingerprint density at radius 1 is 0.893 bits per heavy atom. The van der Waals surface area contributed by atoms with Crippen molar-refractivity contribution in [3.8, 4) is 11.5 Å². The van der Waals surface area contributed by atoms with Crippen LogP contribution in [0, 0.1) is 0 Å². The van der Waals surface area contributed by atoms with Gasteiger partial charge in [-0.3, -0.25) is 0 Å². The molecule has 0 atom stereocenters. The maximum Gasteiger partial charge on any atom is 0.336 e. The highest BCUT2D eigenvalue weighted by Gasteiger charge is 2.10. The predicted octanol–water partition coefficient (Wildman–Crippen LogP) is 4.55. The van der Waals surface area contributed by atoms with Gasteiger partial charge in [0.15, 0.2) is 11.2 Å². The third-order valence-electron chi connectivity index (χ3n) is 3.96. The highest BCUT2D eigenvalue weighted by Crippen LogP contribution is 2.27. The number of rotatable bonds is 1. The van der Waals surface area contributed by atoms with Crippen molar-refractivity contribution < 1.29 is 8.83 Å². The van der Waals surface area contributed by atoms with Crippen molar-refractivity contribution in [3.05, 3.63) is 83.3 Å². The van der Waals surface area contributed by atoms with Crippen molar-refractivity contribution in [2.75, 3.05) is 5.73 Å². The third kappa shape index (κ3) is 3.74. The lowest BCUT2D eigenvalue weighted by Crippen LogP contribution is -1.93. The molecule has 0 fully saturated rings. The van der Waals surface area contributed by atoms with Crippen LogP contribution in [0.15, 0.2) is 91.5 Å². The van der Waals surface area contributed by atoms with Crippen LogP contribution < -0.4 is 11.4 Å². The number of benzene rings is 2. The molecule has 0 saturated heterocycles. The second kappa shape index (κ2) is 7.58. The zero-order chi connectivity index (χ0) is 19.5. The molecular weight excluding hydrogens is 374 g/mol. The molecule has 0 aliphatic carbocycles. The van der Waals surface area contributed by atoms with Crippen molar-refractivity contribution >= 4 is 40.5 Å². The van der Waals surface area contributed by atoms with Crippen LogP contribution in [0.5, 0.6) is 0 Å². The fraction of sp³-hybridized carbons (Fsp3) is 0. The molecule has 138 valence electrons. The number of nitrogens with two attached hydrogens (primary N) is 1. The van der Waals surface area contributed by atoms with Crippen molar-refractivity contribution in [1.82, 2.24) is 9.97 Å². The van der Waals surface area contributed by atoms with Gasteiger partial charge in [-0.15, -0.1) is 12.6 Å². The summed E-state index contributed by atoms with van der Waals surface area (Å²) in [5.41, 5.74) is 8.83. The van der Waals surface area contributed by atoms with Gasteiger partial charge in [-0.1, -0.05) is 12.1 Å². The summed E-state index contributed by atoms with van der Waals surface area (Å²) in [4.78, 5) is 20.0. The van der Waals surface area contributed by atoms with E-state index in [9.17, 15) is 4.79 Å². The van der Waals surface area contributed by atoms with Crippen LogP contribution in [0.4, 0.5) is 5.69 Å². The number of hydrogen-bond donors (Lipinski definition) is 2. The number of nitrogen functional groups attached to an aromatic ring is 1. The van der Waals surface area contributed by atoms with Crippen molar-refractivity contribution in [3.63, 3.8) is 0 Å². The highest BCUT2D eigenvalue weighted by atomic mass is 32.1. The molecule has 0 radical (unpaired) electrons. The molecule has 0 aliphatic heterocycles. The van der Waals surface area contributed by atoms with E-state index in [1.807, 2.05) is 42.5 Å². The molecule has 0 unspecified atom stereocenters. The first-order valence-corrected chi connectivity index (χ1v) is 8.84. The van der Waals surface area contributed by atoms with E-state index in [2.05, 4.69) is 22.6 Å². The molecule has 5 rings (SSSR count). The minimum atomic E-state index is -0.325. The van der Waals surface area contributed by atoms with E-state index in [1.54, 1.807) is 24.4 Å². The van der Waals surface area contributed by atoms with E-state index >= 15 is 0 Å². The number of pyridine rings is 1. The monoisotopic (exact) mass is 389 g/mol. The second-order valence-corrected chi connectivity index (χ2v) is 6.42. The maximum absolute atomic E-state index is 10.8. The van der Waals surface area contributed by atoms with Crippen LogP contribution in [0.25, 0.3) is 33.7 Å². The average molecular weight is 389 g/mol. The van der Waals surface area contributed by atoms with Gasteiger partial charge >= 0.3 is 5.63 Å². The van der Waals surface area contributed by atoms with Crippen LogP contribution in [-0.2, 0) is 0 Å². The predicted molar refractivity (Wildman–Crippen MR) is 111 cm³/mol. The summed E-state index contributed by atoms with van der Waals surface area (Å²) in [6.07, 6.45) is 1.68. The molecule has 28 heavy (non-hydrogen) atoms. The van der Waals surface area contributed by atoms with Gasteiger partial charge in [0, 0.05) is 28.2 Å². The summed E-state index contributed by atoms with van der Waals surface area (Å²) in [5.74, 6) is 0.506. The fourth-order valence-corrected chi connectivity index (χ4v) is 2.85. The highest BCUT2D eigenvalue weighted by molar-refractivity contribution is 7.80. The van der Waals surface area contributed by atoms with Crippen molar-refractivity contribution in [1.29, 1.82) is 0 Å². The van der Waals surface area contributed by atoms with Gasteiger partial charge in [0.05, 0.1) is 5.56 Å².